The molecule has 1 atom stereocenters. The molecule has 2 aromatic heterocycles. The molecule has 3 nitrogen and oxygen atoms in total. The van der Waals surface area contributed by atoms with Crippen LogP contribution in [-0.4, -0.2) is 4.98 Å². The summed E-state index contributed by atoms with van der Waals surface area (Å²) in [6, 6.07) is 5.99. The minimum Gasteiger partial charge on any atom is -0.271 e. The Bertz CT molecular complexity index is 444. The summed E-state index contributed by atoms with van der Waals surface area (Å²) in [4.78, 5) is 4.30. The minimum absolute atomic E-state index is 0.0931. The lowest BCUT2D eigenvalue weighted by atomic mass is 10.1. The predicted molar refractivity (Wildman–Crippen MR) is 70.0 cm³/mol. The molecule has 3 N–H and O–H groups in total. The number of hydrogen-bond donors (Lipinski definition) is 2. The Hall–Kier alpha value is -0.750. The van der Waals surface area contributed by atoms with Gasteiger partial charge in [0.15, 0.2) is 0 Å². The zero-order valence-corrected chi connectivity index (χ0v) is 11.0. The lowest BCUT2D eigenvalue weighted by molar-refractivity contribution is 0.546. The third kappa shape index (κ3) is 2.68. The van der Waals surface area contributed by atoms with Crippen LogP contribution < -0.4 is 11.3 Å². The van der Waals surface area contributed by atoms with Gasteiger partial charge in [-0.15, -0.1) is 0 Å². The van der Waals surface area contributed by atoms with E-state index >= 15 is 0 Å². The van der Waals surface area contributed by atoms with E-state index in [9.17, 15) is 0 Å². The van der Waals surface area contributed by atoms with E-state index in [0.717, 1.165) is 16.6 Å². The van der Waals surface area contributed by atoms with E-state index in [-0.39, 0.29) is 6.04 Å². The van der Waals surface area contributed by atoms with Crippen LogP contribution in [0.5, 0.6) is 0 Å². The van der Waals surface area contributed by atoms with Gasteiger partial charge in [-0.05, 0) is 39.0 Å². The Labute approximate surface area is 107 Å². The highest BCUT2D eigenvalue weighted by molar-refractivity contribution is 9.10. The number of nitrogens with one attached hydrogen (secondary N) is 1. The van der Waals surface area contributed by atoms with Gasteiger partial charge in [0.05, 0.1) is 6.04 Å². The van der Waals surface area contributed by atoms with Gasteiger partial charge in [0.1, 0.15) is 0 Å². The first-order valence-corrected chi connectivity index (χ1v) is 6.62. The van der Waals surface area contributed by atoms with Crippen LogP contribution in [0, 0.1) is 0 Å². The molecule has 84 valence electrons. The van der Waals surface area contributed by atoms with Crippen LogP contribution in [0.2, 0.25) is 0 Å². The Morgan fingerprint density at radius 3 is 2.88 bits per heavy atom. The quantitative estimate of drug-likeness (QED) is 0.674. The molecule has 2 rings (SSSR count). The molecule has 0 aliphatic rings. The van der Waals surface area contributed by atoms with Gasteiger partial charge in [-0.25, -0.2) is 0 Å². The minimum atomic E-state index is 0.0931. The van der Waals surface area contributed by atoms with Gasteiger partial charge in [0.2, 0.25) is 0 Å². The summed E-state index contributed by atoms with van der Waals surface area (Å²) < 4.78 is 1.09. The van der Waals surface area contributed by atoms with E-state index in [2.05, 4.69) is 37.1 Å². The summed E-state index contributed by atoms with van der Waals surface area (Å²) in [7, 11) is 0. The molecule has 0 aromatic carbocycles. The first-order valence-electron chi connectivity index (χ1n) is 4.89. The largest absolute Gasteiger partial charge is 0.271 e. The Morgan fingerprint density at radius 2 is 2.31 bits per heavy atom. The predicted octanol–water partition coefficient (Wildman–Crippen LogP) is 2.65. The molecule has 5 heteroatoms. The lowest BCUT2D eigenvalue weighted by Crippen LogP contribution is -2.29. The van der Waals surface area contributed by atoms with Crippen LogP contribution >= 0.6 is 27.3 Å². The number of nitrogens with zero attached hydrogens (tertiary/aromatic N) is 1. The second-order valence-electron chi connectivity index (χ2n) is 3.42. The second-order valence-corrected chi connectivity index (χ2v) is 5.02. The van der Waals surface area contributed by atoms with Crippen molar-refractivity contribution in [3.8, 4) is 0 Å². The summed E-state index contributed by atoms with van der Waals surface area (Å²) in [6.45, 7) is 0. The average Bonchev–Trinajstić information content (AvgIpc) is 2.74. The molecule has 16 heavy (non-hydrogen) atoms. The molecular weight excluding hydrogens is 286 g/mol. The van der Waals surface area contributed by atoms with Gasteiger partial charge in [-0.3, -0.25) is 16.3 Å². The molecule has 0 aliphatic heterocycles. The first kappa shape index (κ1) is 11.7. The molecular formula is C11H12BrN3S. The van der Waals surface area contributed by atoms with Crippen molar-refractivity contribution in [3.05, 3.63) is 50.9 Å². The van der Waals surface area contributed by atoms with Crippen molar-refractivity contribution in [3.63, 3.8) is 0 Å². The van der Waals surface area contributed by atoms with Crippen molar-refractivity contribution in [1.29, 1.82) is 0 Å². The van der Waals surface area contributed by atoms with Gasteiger partial charge < -0.3 is 0 Å². The lowest BCUT2D eigenvalue weighted by Gasteiger charge is -2.14. The number of aromatic nitrogens is 1. The van der Waals surface area contributed by atoms with E-state index in [4.69, 9.17) is 5.84 Å². The van der Waals surface area contributed by atoms with E-state index in [1.807, 2.05) is 18.2 Å². The summed E-state index contributed by atoms with van der Waals surface area (Å²) >= 11 is 5.17. The SMILES string of the molecule is NNC(Cc1ccccn1)c1cscc1Br. The third-order valence-corrected chi connectivity index (χ3v) is 4.11. The fraction of sp³-hybridized carbons (Fsp3) is 0.182. The first-order chi connectivity index (χ1) is 7.81. The monoisotopic (exact) mass is 297 g/mol. The van der Waals surface area contributed by atoms with Crippen LogP contribution in [0.1, 0.15) is 17.3 Å². The Morgan fingerprint density at radius 1 is 1.44 bits per heavy atom. The van der Waals surface area contributed by atoms with Crippen LogP contribution in [-0.2, 0) is 6.42 Å². The summed E-state index contributed by atoms with van der Waals surface area (Å²) in [5.74, 6) is 5.59. The van der Waals surface area contributed by atoms with Crippen LogP contribution in [0.4, 0.5) is 0 Å². The van der Waals surface area contributed by atoms with Crippen LogP contribution in [0.15, 0.2) is 39.6 Å². The van der Waals surface area contributed by atoms with Crippen LogP contribution in [0.25, 0.3) is 0 Å². The molecule has 0 bridgehead atoms. The van der Waals surface area contributed by atoms with Crippen molar-refractivity contribution in [1.82, 2.24) is 10.4 Å². The fourth-order valence-corrected chi connectivity index (χ4v) is 3.15. The topological polar surface area (TPSA) is 50.9 Å². The van der Waals surface area contributed by atoms with E-state index < -0.39 is 0 Å². The molecule has 0 spiro atoms. The fourth-order valence-electron chi connectivity index (χ4n) is 1.53. The summed E-state index contributed by atoms with van der Waals surface area (Å²) in [5, 5.41) is 4.15. The number of hydrazine groups is 1. The van der Waals surface area contributed by atoms with Gasteiger partial charge in [0, 0.05) is 28.2 Å². The number of pyridine rings is 1. The van der Waals surface area contributed by atoms with Gasteiger partial charge in [-0.2, -0.15) is 11.3 Å². The molecule has 0 saturated carbocycles. The normalized spacial score (nSPS) is 12.6. The zero-order chi connectivity index (χ0) is 11.4. The van der Waals surface area contributed by atoms with Crippen molar-refractivity contribution in [2.45, 2.75) is 12.5 Å². The highest BCUT2D eigenvalue weighted by atomic mass is 79.9. The Kier molecular flexibility index (Phi) is 4.06. The highest BCUT2D eigenvalue weighted by Crippen LogP contribution is 2.28. The number of rotatable bonds is 4. The maximum absolute atomic E-state index is 5.59. The number of thiophene rings is 1. The van der Waals surface area contributed by atoms with E-state index in [1.54, 1.807) is 17.5 Å². The van der Waals surface area contributed by atoms with Gasteiger partial charge >= 0.3 is 0 Å². The molecule has 0 aliphatic carbocycles. The maximum atomic E-state index is 5.59. The standard InChI is InChI=1S/C11H12BrN3S/c12-10-7-16-6-9(10)11(15-13)5-8-3-1-2-4-14-8/h1-4,6-7,11,15H,5,13H2. The summed E-state index contributed by atoms with van der Waals surface area (Å²) in [5.41, 5.74) is 5.04. The number of nitrogens with two attached hydrogens (primary N) is 1. The molecule has 2 aromatic rings. The molecule has 2 heterocycles. The average molecular weight is 298 g/mol. The second kappa shape index (κ2) is 5.54. The van der Waals surface area contributed by atoms with E-state index in [1.165, 1.54) is 5.56 Å². The molecule has 0 amide bonds. The molecule has 0 radical (unpaired) electrons. The third-order valence-electron chi connectivity index (χ3n) is 2.36. The Balaban J connectivity index is 2.16. The van der Waals surface area contributed by atoms with Gasteiger partial charge in [0.25, 0.3) is 0 Å². The molecule has 1 unspecified atom stereocenters. The van der Waals surface area contributed by atoms with Crippen LogP contribution in [0.3, 0.4) is 0 Å². The van der Waals surface area contributed by atoms with Gasteiger partial charge in [-0.1, -0.05) is 6.07 Å². The smallest absolute Gasteiger partial charge is 0.0534 e. The van der Waals surface area contributed by atoms with Crippen molar-refractivity contribution in [2.75, 3.05) is 0 Å². The molecule has 0 fully saturated rings. The molecule has 0 saturated heterocycles. The van der Waals surface area contributed by atoms with E-state index in [0.29, 0.717) is 0 Å². The van der Waals surface area contributed by atoms with Crippen molar-refractivity contribution in [2.24, 2.45) is 5.84 Å². The highest BCUT2D eigenvalue weighted by Gasteiger charge is 2.14. The number of halogens is 1. The maximum Gasteiger partial charge on any atom is 0.0534 e. The summed E-state index contributed by atoms with van der Waals surface area (Å²) in [6.07, 6.45) is 2.58. The number of hydrogen-bond acceptors (Lipinski definition) is 4. The zero-order valence-electron chi connectivity index (χ0n) is 8.56. The van der Waals surface area contributed by atoms with Crippen molar-refractivity contribution >= 4 is 27.3 Å². The van der Waals surface area contributed by atoms with Crippen molar-refractivity contribution < 1.29 is 0 Å².